The predicted octanol–water partition coefficient (Wildman–Crippen LogP) is 2.45. The third-order valence-corrected chi connectivity index (χ3v) is 3.93. The third kappa shape index (κ3) is 3.72. The van der Waals surface area contributed by atoms with Gasteiger partial charge in [-0.05, 0) is 53.2 Å². The molecule has 0 radical (unpaired) electrons. The topological polar surface area (TPSA) is 6.48 Å². The highest BCUT2D eigenvalue weighted by Crippen LogP contribution is 2.29. The highest BCUT2D eigenvalue weighted by molar-refractivity contribution is 5.10. The van der Waals surface area contributed by atoms with Crippen LogP contribution in [0.4, 0.5) is 0 Å². The fourth-order valence-corrected chi connectivity index (χ4v) is 3.02. The number of rotatable bonds is 4. The summed E-state index contributed by atoms with van der Waals surface area (Å²) in [5.41, 5.74) is -0.105. The van der Waals surface area contributed by atoms with E-state index in [4.69, 9.17) is 6.42 Å². The Labute approximate surface area is 107 Å². The van der Waals surface area contributed by atoms with E-state index < -0.39 is 0 Å². The van der Waals surface area contributed by atoms with Crippen LogP contribution in [0.3, 0.4) is 0 Å². The Morgan fingerprint density at radius 1 is 1.41 bits per heavy atom. The first-order valence-electron chi connectivity index (χ1n) is 6.77. The summed E-state index contributed by atoms with van der Waals surface area (Å²) in [6.45, 7) is 9.00. The molecule has 1 rings (SSSR count). The molecule has 0 spiro atoms. The number of likely N-dealkylation sites (tertiary alicyclic amines) is 1. The Kier molecular flexibility index (Phi) is 5.04. The molecule has 0 N–H and O–H groups in total. The molecule has 1 aliphatic heterocycles. The normalized spacial score (nSPS) is 24.6. The molecule has 0 bridgehead atoms. The number of nitrogens with zero attached hydrogens (tertiary/aromatic N) is 2. The van der Waals surface area contributed by atoms with E-state index in [1.54, 1.807) is 0 Å². The minimum Gasteiger partial charge on any atom is -0.309 e. The largest absolute Gasteiger partial charge is 0.309 e. The zero-order chi connectivity index (χ0) is 13.1. The lowest BCUT2D eigenvalue weighted by molar-refractivity contribution is 0.0370. The molecule has 2 unspecified atom stereocenters. The van der Waals surface area contributed by atoms with Crippen LogP contribution in [0.5, 0.6) is 0 Å². The lowest BCUT2D eigenvalue weighted by Gasteiger charge is -2.46. The van der Waals surface area contributed by atoms with Gasteiger partial charge in [-0.2, -0.15) is 0 Å². The number of hydrogen-bond donors (Lipinski definition) is 0. The molecule has 1 saturated heterocycles. The van der Waals surface area contributed by atoms with E-state index in [1.165, 1.54) is 19.3 Å². The van der Waals surface area contributed by atoms with Gasteiger partial charge in [-0.25, -0.2) is 0 Å². The van der Waals surface area contributed by atoms with Crippen molar-refractivity contribution in [3.05, 3.63) is 0 Å². The average Bonchev–Trinajstić information content (AvgIpc) is 2.28. The first-order chi connectivity index (χ1) is 7.88. The van der Waals surface area contributed by atoms with Crippen LogP contribution in [-0.4, -0.2) is 48.6 Å². The van der Waals surface area contributed by atoms with Crippen LogP contribution in [0.2, 0.25) is 0 Å². The summed E-state index contributed by atoms with van der Waals surface area (Å²) in [6.07, 6.45) is 9.63. The first-order valence-corrected chi connectivity index (χ1v) is 6.77. The van der Waals surface area contributed by atoms with Crippen molar-refractivity contribution in [3.63, 3.8) is 0 Å². The average molecular weight is 236 g/mol. The Balaban J connectivity index is 2.76. The summed E-state index contributed by atoms with van der Waals surface area (Å²) in [4.78, 5) is 4.82. The highest BCUT2D eigenvalue weighted by atomic mass is 15.2. The van der Waals surface area contributed by atoms with Gasteiger partial charge in [-0.3, -0.25) is 4.90 Å². The molecule has 0 saturated carbocycles. The molecule has 1 aliphatic rings. The first kappa shape index (κ1) is 14.5. The number of piperidine rings is 1. The molecular weight excluding hydrogens is 208 g/mol. The van der Waals surface area contributed by atoms with Crippen molar-refractivity contribution in [2.75, 3.05) is 27.2 Å². The van der Waals surface area contributed by atoms with Gasteiger partial charge in [-0.1, -0.05) is 19.3 Å². The molecule has 1 heterocycles. The van der Waals surface area contributed by atoms with Crippen molar-refractivity contribution in [2.24, 2.45) is 5.92 Å². The van der Waals surface area contributed by atoms with Gasteiger partial charge < -0.3 is 4.90 Å². The molecule has 0 aromatic rings. The maximum atomic E-state index is 5.70. The Bertz CT molecular complexity index is 275. The van der Waals surface area contributed by atoms with Crippen LogP contribution >= 0.6 is 0 Å². The molecule has 0 amide bonds. The molecule has 2 nitrogen and oxygen atoms in total. The van der Waals surface area contributed by atoms with E-state index in [2.05, 4.69) is 50.6 Å². The van der Waals surface area contributed by atoms with E-state index in [0.29, 0.717) is 12.0 Å². The Hall–Kier alpha value is -0.520. The highest BCUT2D eigenvalue weighted by Gasteiger charge is 2.35. The van der Waals surface area contributed by atoms with E-state index in [-0.39, 0.29) is 5.54 Å². The molecule has 17 heavy (non-hydrogen) atoms. The predicted molar refractivity (Wildman–Crippen MR) is 75.0 cm³/mol. The van der Waals surface area contributed by atoms with Gasteiger partial charge in [-0.15, -0.1) is 6.42 Å². The third-order valence-electron chi connectivity index (χ3n) is 3.93. The standard InChI is InChI=1S/C15H28N2/c1-7-15(3,4)17-11-9-8-10-14(17)13(2)12-16(5)6/h1,13-14H,8-12H2,2-6H3. The lowest BCUT2D eigenvalue weighted by Crippen LogP contribution is -2.55. The van der Waals surface area contributed by atoms with Gasteiger partial charge in [0.25, 0.3) is 0 Å². The monoisotopic (exact) mass is 236 g/mol. The van der Waals surface area contributed by atoms with Crippen LogP contribution in [0.15, 0.2) is 0 Å². The van der Waals surface area contributed by atoms with Crippen molar-refractivity contribution in [3.8, 4) is 12.3 Å². The van der Waals surface area contributed by atoms with Gasteiger partial charge in [0, 0.05) is 12.6 Å². The molecule has 98 valence electrons. The number of terminal acetylenes is 1. The van der Waals surface area contributed by atoms with Crippen LogP contribution in [0.25, 0.3) is 0 Å². The Morgan fingerprint density at radius 3 is 2.59 bits per heavy atom. The van der Waals surface area contributed by atoms with Crippen LogP contribution in [0.1, 0.15) is 40.0 Å². The van der Waals surface area contributed by atoms with Gasteiger partial charge in [0.1, 0.15) is 0 Å². The summed E-state index contributed by atoms with van der Waals surface area (Å²) in [7, 11) is 4.30. The molecule has 0 aliphatic carbocycles. The molecule has 0 aromatic heterocycles. The SMILES string of the molecule is C#CC(C)(C)N1CCCCC1C(C)CN(C)C. The fourth-order valence-electron chi connectivity index (χ4n) is 3.02. The van der Waals surface area contributed by atoms with Gasteiger partial charge in [0.05, 0.1) is 5.54 Å². The summed E-state index contributed by atoms with van der Waals surface area (Å²) < 4.78 is 0. The molecule has 1 fully saturated rings. The quantitative estimate of drug-likeness (QED) is 0.692. The summed E-state index contributed by atoms with van der Waals surface area (Å²) in [5, 5.41) is 0. The number of hydrogen-bond acceptors (Lipinski definition) is 2. The molecule has 0 aromatic carbocycles. The van der Waals surface area contributed by atoms with Gasteiger partial charge >= 0.3 is 0 Å². The summed E-state index contributed by atoms with van der Waals surface area (Å²) in [5.74, 6) is 3.64. The van der Waals surface area contributed by atoms with Crippen molar-refractivity contribution >= 4 is 0 Å². The minimum atomic E-state index is -0.105. The van der Waals surface area contributed by atoms with E-state index in [0.717, 1.165) is 13.1 Å². The molecule has 2 heteroatoms. The van der Waals surface area contributed by atoms with E-state index >= 15 is 0 Å². The second-order valence-electron chi connectivity index (χ2n) is 6.20. The van der Waals surface area contributed by atoms with Crippen molar-refractivity contribution in [1.29, 1.82) is 0 Å². The second-order valence-corrected chi connectivity index (χ2v) is 6.20. The zero-order valence-electron chi connectivity index (χ0n) is 12.2. The van der Waals surface area contributed by atoms with Gasteiger partial charge in [0.15, 0.2) is 0 Å². The van der Waals surface area contributed by atoms with Gasteiger partial charge in [0.2, 0.25) is 0 Å². The Morgan fingerprint density at radius 2 is 2.06 bits per heavy atom. The zero-order valence-corrected chi connectivity index (χ0v) is 12.2. The second kappa shape index (κ2) is 5.89. The van der Waals surface area contributed by atoms with E-state index in [1.807, 2.05) is 0 Å². The maximum absolute atomic E-state index is 5.70. The maximum Gasteiger partial charge on any atom is 0.0768 e. The fraction of sp³-hybridized carbons (Fsp3) is 0.867. The smallest absolute Gasteiger partial charge is 0.0768 e. The summed E-state index contributed by atoms with van der Waals surface area (Å²) >= 11 is 0. The van der Waals surface area contributed by atoms with Crippen molar-refractivity contribution in [1.82, 2.24) is 9.80 Å². The lowest BCUT2D eigenvalue weighted by atomic mass is 9.87. The van der Waals surface area contributed by atoms with Crippen LogP contribution < -0.4 is 0 Å². The van der Waals surface area contributed by atoms with Crippen molar-refractivity contribution < 1.29 is 0 Å². The van der Waals surface area contributed by atoms with Crippen LogP contribution in [-0.2, 0) is 0 Å². The van der Waals surface area contributed by atoms with Crippen LogP contribution in [0, 0.1) is 18.3 Å². The van der Waals surface area contributed by atoms with Crippen molar-refractivity contribution in [2.45, 2.75) is 51.6 Å². The summed E-state index contributed by atoms with van der Waals surface area (Å²) in [6, 6.07) is 0.636. The molecular formula is C15H28N2. The molecule has 2 atom stereocenters. The minimum absolute atomic E-state index is 0.105. The van der Waals surface area contributed by atoms with E-state index in [9.17, 15) is 0 Å².